The molecule has 6 aromatic rings. The molecule has 0 atom stereocenters. The van der Waals surface area contributed by atoms with E-state index in [0.717, 1.165) is 50.2 Å². The van der Waals surface area contributed by atoms with Gasteiger partial charge in [0.1, 0.15) is 17.7 Å². The molecule has 252 valence electrons. The molecule has 0 radical (unpaired) electrons. The van der Waals surface area contributed by atoms with Gasteiger partial charge in [-0.25, -0.2) is 10.5 Å². The summed E-state index contributed by atoms with van der Waals surface area (Å²) in [6.07, 6.45) is 6.21. The normalized spacial score (nSPS) is 10.6. The van der Waals surface area contributed by atoms with E-state index in [9.17, 15) is 25.0 Å². The zero-order valence-corrected chi connectivity index (χ0v) is 27.0. The van der Waals surface area contributed by atoms with Crippen molar-refractivity contribution >= 4 is 39.5 Å². The van der Waals surface area contributed by atoms with E-state index in [1.54, 1.807) is 54.1 Å². The highest BCUT2D eigenvalue weighted by molar-refractivity contribution is 5.96. The van der Waals surface area contributed by atoms with Crippen molar-refractivity contribution in [2.24, 2.45) is 14.1 Å². The van der Waals surface area contributed by atoms with Gasteiger partial charge < -0.3 is 4.79 Å². The average molecular weight is 669 g/mol. The smallest absolute Gasteiger partial charge is 0.275 e. The third-order valence-corrected chi connectivity index (χ3v) is 7.50. The molecule has 0 unspecified atom stereocenters. The van der Waals surface area contributed by atoms with E-state index in [-0.39, 0.29) is 22.7 Å². The van der Waals surface area contributed by atoms with Crippen LogP contribution in [0.2, 0.25) is 0 Å². The molecule has 0 amide bonds. The molecule has 0 aliphatic heterocycles. The van der Waals surface area contributed by atoms with Gasteiger partial charge >= 0.3 is 0 Å². The summed E-state index contributed by atoms with van der Waals surface area (Å²) in [6, 6.07) is 14.2. The van der Waals surface area contributed by atoms with E-state index in [0.29, 0.717) is 29.4 Å². The minimum absolute atomic E-state index is 0.00401. The Labute approximate surface area is 278 Å². The van der Waals surface area contributed by atoms with Crippen LogP contribution in [0.25, 0.3) is 44.3 Å². The van der Waals surface area contributed by atoms with Crippen LogP contribution >= 0.6 is 0 Å². The summed E-state index contributed by atoms with van der Waals surface area (Å²) in [6.45, 7) is 7.49. The van der Waals surface area contributed by atoms with Crippen molar-refractivity contribution in [2.75, 3.05) is 0 Å². The number of hydrogen-bond donors (Lipinski definition) is 2. The molecule has 0 saturated heterocycles. The second kappa shape index (κ2) is 15.6. The number of nitro groups is 2. The summed E-state index contributed by atoms with van der Waals surface area (Å²) in [5, 5.41) is 48.7. The maximum absolute atomic E-state index is 11.3. The number of aldehydes is 1. The molecule has 0 fully saturated rings. The third kappa shape index (κ3) is 7.84. The number of allylic oxidation sites excluding steroid dienone is 1. The van der Waals surface area contributed by atoms with E-state index in [4.69, 9.17) is 10.5 Å². The fourth-order valence-electron chi connectivity index (χ4n) is 5.40. The minimum Gasteiger partial charge on any atom is -0.303 e. The van der Waals surface area contributed by atoms with Crippen LogP contribution in [0.3, 0.4) is 0 Å². The molecule has 2 N–H and O–H groups in total. The van der Waals surface area contributed by atoms with Gasteiger partial charge in [-0.2, -0.15) is 10.2 Å². The molecular weight excluding hydrogens is 636 g/mol. The lowest BCUT2D eigenvalue weighted by molar-refractivity contribution is -0.465. The van der Waals surface area contributed by atoms with E-state index < -0.39 is 4.92 Å². The Morgan fingerprint density at radius 3 is 1.53 bits per heavy atom. The van der Waals surface area contributed by atoms with E-state index in [1.165, 1.54) is 6.07 Å². The SMILES string of the molecule is C=CCc1cc2c(-c3ccnc(C)c3)nn(C)c2cc1[N+](=O)[O-].Cc1cc(-c2nn(C)c3cc([N+](=O)[O-])c(CC=O)cc23)ccn1.OOO. The molecule has 6 rings (SSSR count). The highest BCUT2D eigenvalue weighted by Crippen LogP contribution is 2.34. The summed E-state index contributed by atoms with van der Waals surface area (Å²) in [4.78, 5) is 40.9. The number of rotatable bonds is 8. The first-order chi connectivity index (χ1) is 23.4. The fraction of sp³-hybridized carbons (Fsp3) is 0.182. The van der Waals surface area contributed by atoms with Crippen LogP contribution in [0.4, 0.5) is 11.4 Å². The number of nitrogens with zero attached hydrogens (tertiary/aromatic N) is 8. The van der Waals surface area contributed by atoms with Gasteiger partial charge in [-0.15, -0.1) is 6.58 Å². The Morgan fingerprint density at radius 2 is 1.18 bits per heavy atom. The number of nitro benzene ring substituents is 2. The van der Waals surface area contributed by atoms with Gasteiger partial charge in [-0.1, -0.05) is 11.1 Å². The zero-order valence-electron chi connectivity index (χ0n) is 27.0. The Hall–Kier alpha value is -6.23. The lowest BCUT2D eigenvalue weighted by Gasteiger charge is -2.03. The first-order valence-electron chi connectivity index (χ1n) is 14.6. The summed E-state index contributed by atoms with van der Waals surface area (Å²) in [5.41, 5.74) is 7.53. The van der Waals surface area contributed by atoms with Crippen LogP contribution < -0.4 is 0 Å². The van der Waals surface area contributed by atoms with Crippen molar-refractivity contribution in [2.45, 2.75) is 26.7 Å². The number of benzene rings is 2. The lowest BCUT2D eigenvalue weighted by Crippen LogP contribution is -1.97. The number of carbonyl (C=O) groups excluding carboxylic acids is 1. The first-order valence-corrected chi connectivity index (χ1v) is 14.6. The fourth-order valence-corrected chi connectivity index (χ4v) is 5.40. The van der Waals surface area contributed by atoms with E-state index >= 15 is 0 Å². The zero-order chi connectivity index (χ0) is 35.8. The molecule has 0 saturated carbocycles. The van der Waals surface area contributed by atoms with Crippen molar-refractivity contribution in [3.05, 3.63) is 116 Å². The molecular formula is C33H32N8O8. The first kappa shape index (κ1) is 35.6. The maximum Gasteiger partial charge on any atom is 0.275 e. The van der Waals surface area contributed by atoms with Crippen LogP contribution in [0, 0.1) is 34.1 Å². The Balaban J connectivity index is 0.000000205. The van der Waals surface area contributed by atoms with E-state index in [2.05, 4.69) is 31.8 Å². The van der Waals surface area contributed by atoms with Gasteiger partial charge in [0.15, 0.2) is 0 Å². The standard InChI is InChI=1S/C17H16N4O2.C16H14N4O3.H2O3/c1-4-5-12-9-14-16(10-15(12)21(22)23)20(3)19-17(14)13-6-7-18-11(2)8-13;1-10-7-12(3-5-17-10)16-13-8-11(4-6-21)14(20(22)23)9-15(13)19(2)18-16;1-3-2/h4,6-10H,1,5H2,2-3H3;3,5-9H,4H2,1-2H3;1-2H. The molecule has 4 aromatic heterocycles. The molecule has 16 nitrogen and oxygen atoms in total. The van der Waals surface area contributed by atoms with Gasteiger partial charge in [0, 0.05) is 89.5 Å². The van der Waals surface area contributed by atoms with Crippen LogP contribution in [-0.4, -0.2) is 56.2 Å². The van der Waals surface area contributed by atoms with Gasteiger partial charge in [0.25, 0.3) is 11.4 Å². The predicted octanol–water partition coefficient (Wildman–Crippen LogP) is 6.12. The topological polar surface area (TPSA) is 214 Å². The van der Waals surface area contributed by atoms with Crippen molar-refractivity contribution in [1.29, 1.82) is 0 Å². The molecule has 4 heterocycles. The lowest BCUT2D eigenvalue weighted by atomic mass is 10.0. The molecule has 49 heavy (non-hydrogen) atoms. The molecule has 2 aromatic carbocycles. The van der Waals surface area contributed by atoms with Crippen molar-refractivity contribution in [1.82, 2.24) is 29.5 Å². The van der Waals surface area contributed by atoms with Crippen molar-refractivity contribution < 1.29 is 30.2 Å². The molecule has 0 spiro atoms. The highest BCUT2D eigenvalue weighted by atomic mass is 17.4. The minimum atomic E-state index is -0.471. The predicted molar refractivity (Wildman–Crippen MR) is 181 cm³/mol. The number of aryl methyl sites for hydroxylation is 4. The van der Waals surface area contributed by atoms with Crippen molar-refractivity contribution in [3.63, 3.8) is 0 Å². The van der Waals surface area contributed by atoms with Crippen LogP contribution in [0.5, 0.6) is 0 Å². The molecule has 16 heteroatoms. The Bertz CT molecular complexity index is 2040. The van der Waals surface area contributed by atoms with Crippen LogP contribution in [0.1, 0.15) is 22.5 Å². The van der Waals surface area contributed by atoms with E-state index in [1.807, 2.05) is 44.2 Å². The van der Waals surface area contributed by atoms with Gasteiger partial charge in [0.05, 0.1) is 20.9 Å². The number of pyridine rings is 2. The average Bonchev–Trinajstić information content (AvgIpc) is 3.56. The van der Waals surface area contributed by atoms with Crippen LogP contribution in [0.15, 0.2) is 73.6 Å². The second-order valence-electron chi connectivity index (χ2n) is 10.8. The Morgan fingerprint density at radius 1 is 0.776 bits per heavy atom. The second-order valence-corrected chi connectivity index (χ2v) is 10.8. The summed E-state index contributed by atoms with van der Waals surface area (Å²) >= 11 is 0. The molecule has 0 aliphatic rings. The van der Waals surface area contributed by atoms with Crippen molar-refractivity contribution in [3.8, 4) is 22.5 Å². The molecule has 0 aliphatic carbocycles. The largest absolute Gasteiger partial charge is 0.303 e. The van der Waals surface area contributed by atoms with Gasteiger partial charge in [-0.3, -0.25) is 39.6 Å². The monoisotopic (exact) mass is 668 g/mol. The third-order valence-electron chi connectivity index (χ3n) is 7.50. The summed E-state index contributed by atoms with van der Waals surface area (Å²) < 4.78 is 3.28. The molecule has 0 bridgehead atoms. The quantitative estimate of drug-likeness (QED) is 0.0616. The van der Waals surface area contributed by atoms with Gasteiger partial charge in [-0.05, 0) is 56.7 Å². The Kier molecular flexibility index (Phi) is 11.3. The number of aromatic nitrogens is 6. The van der Waals surface area contributed by atoms with Crippen LogP contribution in [-0.2, 0) is 36.8 Å². The summed E-state index contributed by atoms with van der Waals surface area (Å²) in [5.74, 6) is 0. The summed E-state index contributed by atoms with van der Waals surface area (Å²) in [7, 11) is 3.53. The van der Waals surface area contributed by atoms with Gasteiger partial charge in [0.2, 0.25) is 0 Å². The number of hydrogen-bond acceptors (Lipinski definition) is 12. The number of carbonyl (C=O) groups is 1. The number of fused-ring (bicyclic) bond motifs is 2. The maximum atomic E-state index is 11.3. The highest BCUT2D eigenvalue weighted by Gasteiger charge is 2.21.